The Morgan fingerprint density at radius 2 is 1.63 bits per heavy atom. The van der Waals surface area contributed by atoms with Crippen LogP contribution in [-0.2, 0) is 38.8 Å². The molecular weight excluding hydrogens is 535 g/mol. The molecule has 1 saturated heterocycles. The Morgan fingerprint density at radius 1 is 1.03 bits per heavy atom. The molecule has 174 valence electrons. The normalized spacial score (nSPS) is 25.2. The van der Waals surface area contributed by atoms with Crippen molar-refractivity contribution in [1.29, 1.82) is 0 Å². The summed E-state index contributed by atoms with van der Waals surface area (Å²) in [7, 11) is -11.6. The molecule has 4 N–H and O–H groups in total. The van der Waals surface area contributed by atoms with Crippen LogP contribution in [0.5, 0.6) is 0 Å². The number of hydrogen-bond donors (Lipinski definition) is 3. The zero-order valence-electron chi connectivity index (χ0n) is 18.8. The van der Waals surface area contributed by atoms with Crippen molar-refractivity contribution in [3.63, 3.8) is 0 Å². The summed E-state index contributed by atoms with van der Waals surface area (Å²) >= 11 is 3.68. The van der Waals surface area contributed by atoms with Crippen molar-refractivity contribution >= 4 is 51.2 Å². The van der Waals surface area contributed by atoms with Gasteiger partial charge in [0.2, 0.25) is 0 Å². The van der Waals surface area contributed by atoms with Gasteiger partial charge in [-0.2, -0.15) is 0 Å². The van der Waals surface area contributed by atoms with E-state index in [2.05, 4.69) is 39.9 Å². The van der Waals surface area contributed by atoms with Crippen LogP contribution >= 0.6 is 22.4 Å². The van der Waals surface area contributed by atoms with E-state index >= 15 is 0 Å². The van der Waals surface area contributed by atoms with Gasteiger partial charge in [0, 0.05) is 0 Å². The molecule has 1 aliphatic heterocycles. The van der Waals surface area contributed by atoms with Gasteiger partial charge >= 0.3 is 75.4 Å². The topological polar surface area (TPSA) is 273 Å². The number of imidazole rings is 1. The summed E-state index contributed by atoms with van der Waals surface area (Å²) in [4.78, 5) is 55.9. The molecule has 0 aliphatic carbocycles. The van der Waals surface area contributed by atoms with Crippen LogP contribution < -0.4 is 101 Å². The first-order valence-corrected chi connectivity index (χ1v) is 13.3. The van der Waals surface area contributed by atoms with Crippen LogP contribution in [0.25, 0.3) is 11.2 Å². The maximum Gasteiger partial charge on any atom is 1.00 e. The first-order valence-electron chi connectivity index (χ1n) is 7.85. The van der Waals surface area contributed by atoms with E-state index in [1.807, 2.05) is 0 Å². The van der Waals surface area contributed by atoms with Gasteiger partial charge in [-0.05, 0) is 0 Å². The number of nitrogen functional groups attached to an aromatic ring is 1. The fourth-order valence-electron chi connectivity index (χ4n) is 2.60. The molecule has 35 heavy (non-hydrogen) atoms. The molecule has 25 heteroatoms. The number of ether oxygens (including phenoxy) is 1. The average Bonchev–Trinajstić information content (AvgIpc) is 3.13. The van der Waals surface area contributed by atoms with Gasteiger partial charge in [0.15, 0.2) is 17.7 Å². The van der Waals surface area contributed by atoms with Crippen LogP contribution in [0.4, 0.5) is 5.82 Å². The summed E-state index contributed by atoms with van der Waals surface area (Å²) in [5.74, 6) is 0.0343. The third kappa shape index (κ3) is 10.2. The third-order valence-corrected chi connectivity index (χ3v) is 8.06. The Labute approximate surface area is 250 Å². The minimum absolute atomic E-state index is 0. The molecule has 1 fully saturated rings. The Kier molecular flexibility index (Phi) is 16.2. The molecule has 2 aromatic heterocycles. The van der Waals surface area contributed by atoms with Gasteiger partial charge in [-0.15, -0.1) is 11.8 Å². The van der Waals surface area contributed by atoms with Gasteiger partial charge in [0.25, 0.3) is 15.6 Å². The maximum atomic E-state index is 11.7. The van der Waals surface area contributed by atoms with Gasteiger partial charge < -0.3 is 49.1 Å². The number of aliphatic hydroxyl groups is 2. The van der Waals surface area contributed by atoms with Crippen LogP contribution in [-0.4, -0.2) is 54.7 Å². The number of aromatic nitrogens is 4. The van der Waals surface area contributed by atoms with E-state index in [-0.39, 0.29) is 92.4 Å². The quantitative estimate of drug-likeness (QED) is 0.204. The molecule has 2 aromatic rings. The maximum absolute atomic E-state index is 11.7. The molecule has 3 heterocycles. The van der Waals surface area contributed by atoms with Crippen LogP contribution in [0, 0.1) is 0 Å². The number of aliphatic hydroxyl groups excluding tert-OH is 2. The number of rotatable bonds is 8. The summed E-state index contributed by atoms with van der Waals surface area (Å²) in [6.07, 6.45) is -3.83. The molecule has 3 rings (SSSR count). The molecule has 0 amide bonds. The summed E-state index contributed by atoms with van der Waals surface area (Å²) in [5, 5.41) is 20.4. The Hall–Kier alpha value is 1.45. The van der Waals surface area contributed by atoms with E-state index in [0.29, 0.717) is 0 Å². The largest absolute Gasteiger partial charge is 1.00 e. The average molecular weight is 547 g/mol. The Balaban J connectivity index is 0. The predicted molar refractivity (Wildman–Crippen MR) is 93.3 cm³/mol. The summed E-state index contributed by atoms with van der Waals surface area (Å²) < 4.78 is 40.7. The van der Waals surface area contributed by atoms with Gasteiger partial charge in [0.1, 0.15) is 30.2 Å². The molecule has 0 radical (unpaired) electrons. The minimum atomic E-state index is -5.93. The zero-order chi connectivity index (χ0) is 23.2. The molecule has 6 atom stereocenters. The monoisotopic (exact) mass is 547 g/mol. The molecule has 17 nitrogen and oxygen atoms in total. The van der Waals surface area contributed by atoms with Crippen LogP contribution in [0.1, 0.15) is 6.23 Å². The second-order valence-corrected chi connectivity index (χ2v) is 11.5. The summed E-state index contributed by atoms with van der Waals surface area (Å²) in [5.41, 5.74) is 5.97. The summed E-state index contributed by atoms with van der Waals surface area (Å²) in [6.45, 7) is -6.33. The van der Waals surface area contributed by atoms with Crippen molar-refractivity contribution in [3.8, 4) is 0 Å². The Morgan fingerprint density at radius 3 is 2.20 bits per heavy atom. The fourth-order valence-corrected chi connectivity index (χ4v) is 6.20. The first kappa shape index (κ1) is 38.6. The molecular formula is C10H12Li4N5O12P3S. The molecule has 2 unspecified atom stereocenters. The van der Waals surface area contributed by atoms with Crippen LogP contribution in [0.2, 0.25) is 0 Å². The zero-order valence-corrected chi connectivity index (χ0v) is 22.3. The fraction of sp³-hybridized carbons (Fsp3) is 0.500. The number of phosphoric ester groups is 1. The number of anilines is 1. The number of nitrogens with two attached hydrogens (primary N) is 1. The molecule has 0 saturated carbocycles. The van der Waals surface area contributed by atoms with E-state index in [9.17, 15) is 38.9 Å². The first-order chi connectivity index (χ1) is 14.2. The van der Waals surface area contributed by atoms with E-state index in [0.717, 1.165) is 6.33 Å². The molecule has 0 bridgehead atoms. The molecule has 0 spiro atoms. The van der Waals surface area contributed by atoms with Crippen molar-refractivity contribution in [2.75, 3.05) is 12.3 Å². The Bertz CT molecular complexity index is 1130. The van der Waals surface area contributed by atoms with Crippen molar-refractivity contribution < 1.29 is 132 Å². The van der Waals surface area contributed by atoms with Crippen molar-refractivity contribution in [3.05, 3.63) is 12.7 Å². The van der Waals surface area contributed by atoms with Gasteiger partial charge in [-0.1, -0.05) is 6.72 Å². The van der Waals surface area contributed by atoms with Crippen molar-refractivity contribution in [1.82, 2.24) is 19.5 Å². The number of fused-ring (bicyclic) bond motifs is 1. The van der Waals surface area contributed by atoms with E-state index in [1.165, 1.54) is 10.9 Å². The predicted octanol–water partition coefficient (Wildman–Crippen LogP) is -16.0. The molecule has 0 aromatic carbocycles. The smallest absolute Gasteiger partial charge is 0.812 e. The van der Waals surface area contributed by atoms with E-state index in [4.69, 9.17) is 10.5 Å². The minimum Gasteiger partial charge on any atom is -0.812 e. The molecule has 1 aliphatic rings. The van der Waals surface area contributed by atoms with Crippen molar-refractivity contribution in [2.24, 2.45) is 0 Å². The number of hydrogen-bond acceptors (Lipinski definition) is 17. The second-order valence-electron chi connectivity index (χ2n) is 5.93. The SMILES string of the molecule is Nc1ncnc2c1ncn2[C@@H]1O[C@H](COP(=O)([O-])OP(=O)([O-])OP([O-])([O-])=S)[C@@H](O)[C@H]1O.[Li+].[Li+].[Li+].[Li+]. The van der Waals surface area contributed by atoms with E-state index in [1.54, 1.807) is 0 Å². The van der Waals surface area contributed by atoms with Crippen LogP contribution in [0.15, 0.2) is 12.7 Å². The van der Waals surface area contributed by atoms with Gasteiger partial charge in [-0.3, -0.25) is 13.7 Å². The van der Waals surface area contributed by atoms with E-state index < -0.39 is 53.5 Å². The van der Waals surface area contributed by atoms with Crippen LogP contribution in [0.3, 0.4) is 0 Å². The number of nitrogens with zero attached hydrogens (tertiary/aromatic N) is 4. The van der Waals surface area contributed by atoms with Gasteiger partial charge in [-0.25, -0.2) is 19.3 Å². The summed E-state index contributed by atoms with van der Waals surface area (Å²) in [6, 6.07) is 0. The van der Waals surface area contributed by atoms with Crippen molar-refractivity contribution in [2.45, 2.75) is 24.5 Å². The standard InChI is InChI=1S/C10H16N5O12P3S.4Li/c11-8-5-9(13-2-12-8)15(3-14-5)10-7(17)6(16)4(25-10)1-24-28(18,19)26-29(20,21)27-30(22,23)31;;;;/h2-4,6-7,10,16-17H,1H2,(H,18,19)(H,20,21)(H2,11,12,13)(H2,22,23,31);;;;/q;4*+1/p-4/t4-,6-,7-,10-;;;;/m1..../s1. The second kappa shape index (κ2) is 14.7. The third-order valence-electron chi connectivity index (χ3n) is 3.80. The number of phosphoric acid groups is 2. The van der Waals surface area contributed by atoms with Gasteiger partial charge in [0.05, 0.1) is 12.9 Å².